The summed E-state index contributed by atoms with van der Waals surface area (Å²) in [7, 11) is 0. The molecule has 1 aromatic rings. The van der Waals surface area contributed by atoms with Gasteiger partial charge in [0.25, 0.3) is 5.69 Å². The van der Waals surface area contributed by atoms with Crippen LogP contribution in [0.25, 0.3) is 0 Å². The minimum absolute atomic E-state index is 0.0724. The fraction of sp³-hybridized carbons (Fsp3) is 0.462. The smallest absolute Gasteiger partial charge is 0.293 e. The molecular formula is C13H18N4O4. The van der Waals surface area contributed by atoms with E-state index in [0.29, 0.717) is 30.9 Å². The molecule has 2 rings (SSSR count). The van der Waals surface area contributed by atoms with Crippen LogP contribution >= 0.6 is 0 Å². The third-order valence-electron chi connectivity index (χ3n) is 3.34. The van der Waals surface area contributed by atoms with E-state index in [4.69, 9.17) is 15.7 Å². The van der Waals surface area contributed by atoms with Crippen LogP contribution in [0.1, 0.15) is 19.4 Å². The standard InChI is InChI=1S/C13H18N4O4/c1-13(2)8-16(5-6-21-13)10-4-3-9(12(14)15-18)7-11(10)17(19)20/h3-4,7,18H,5-6,8H2,1-2H3,(H2,14,15). The first-order valence-electron chi connectivity index (χ1n) is 6.49. The van der Waals surface area contributed by atoms with Crippen molar-refractivity contribution in [2.24, 2.45) is 10.9 Å². The van der Waals surface area contributed by atoms with Gasteiger partial charge in [-0.05, 0) is 26.0 Å². The summed E-state index contributed by atoms with van der Waals surface area (Å²) in [6.45, 7) is 5.52. The van der Waals surface area contributed by atoms with E-state index in [1.807, 2.05) is 18.7 Å². The highest BCUT2D eigenvalue weighted by atomic mass is 16.6. The van der Waals surface area contributed by atoms with E-state index >= 15 is 0 Å². The lowest BCUT2D eigenvalue weighted by molar-refractivity contribution is -0.384. The Morgan fingerprint density at radius 2 is 2.29 bits per heavy atom. The fourth-order valence-corrected chi connectivity index (χ4v) is 2.38. The number of anilines is 1. The first-order chi connectivity index (χ1) is 9.84. The first-order valence-corrected chi connectivity index (χ1v) is 6.49. The number of hydrogen-bond donors (Lipinski definition) is 2. The van der Waals surface area contributed by atoms with Gasteiger partial charge in [0.05, 0.1) is 17.1 Å². The monoisotopic (exact) mass is 294 g/mol. The van der Waals surface area contributed by atoms with E-state index < -0.39 is 4.92 Å². The Morgan fingerprint density at radius 3 is 2.86 bits per heavy atom. The quantitative estimate of drug-likeness (QED) is 0.285. The van der Waals surface area contributed by atoms with Crippen molar-refractivity contribution in [3.8, 4) is 0 Å². The van der Waals surface area contributed by atoms with Gasteiger partial charge in [-0.25, -0.2) is 0 Å². The van der Waals surface area contributed by atoms with Crippen molar-refractivity contribution in [2.75, 3.05) is 24.6 Å². The molecule has 1 saturated heterocycles. The van der Waals surface area contributed by atoms with Gasteiger partial charge in [0.15, 0.2) is 5.84 Å². The number of nitro groups is 1. The van der Waals surface area contributed by atoms with Crippen LogP contribution in [0, 0.1) is 10.1 Å². The number of oxime groups is 1. The molecule has 8 nitrogen and oxygen atoms in total. The normalized spacial score (nSPS) is 18.6. The van der Waals surface area contributed by atoms with Gasteiger partial charge in [-0.3, -0.25) is 10.1 Å². The molecule has 0 amide bonds. The zero-order valence-corrected chi connectivity index (χ0v) is 11.9. The van der Waals surface area contributed by atoms with E-state index in [9.17, 15) is 10.1 Å². The highest BCUT2D eigenvalue weighted by Gasteiger charge is 2.30. The van der Waals surface area contributed by atoms with Crippen LogP contribution in [0.5, 0.6) is 0 Å². The number of benzene rings is 1. The molecule has 0 aromatic heterocycles. The molecule has 0 aliphatic carbocycles. The van der Waals surface area contributed by atoms with Gasteiger partial charge in [-0.1, -0.05) is 5.16 Å². The second-order valence-corrected chi connectivity index (χ2v) is 5.48. The van der Waals surface area contributed by atoms with Gasteiger partial charge in [-0.15, -0.1) is 0 Å². The van der Waals surface area contributed by atoms with E-state index in [2.05, 4.69) is 5.16 Å². The SMILES string of the molecule is CC1(C)CN(c2ccc(C(N)=NO)cc2[N+](=O)[O-])CCO1. The van der Waals surface area contributed by atoms with Crippen LogP contribution in [-0.4, -0.2) is 41.3 Å². The number of rotatable bonds is 3. The summed E-state index contributed by atoms with van der Waals surface area (Å²) in [5, 5.41) is 22.8. The Hall–Kier alpha value is -2.35. The van der Waals surface area contributed by atoms with Crippen LogP contribution < -0.4 is 10.6 Å². The molecule has 21 heavy (non-hydrogen) atoms. The molecule has 0 atom stereocenters. The van der Waals surface area contributed by atoms with E-state index in [1.54, 1.807) is 12.1 Å². The van der Waals surface area contributed by atoms with Crippen molar-refractivity contribution < 1.29 is 14.9 Å². The summed E-state index contributed by atoms with van der Waals surface area (Å²) < 4.78 is 5.61. The molecule has 1 aliphatic heterocycles. The van der Waals surface area contributed by atoms with Crippen molar-refractivity contribution >= 4 is 17.2 Å². The number of amidine groups is 1. The van der Waals surface area contributed by atoms with Gasteiger partial charge >= 0.3 is 0 Å². The molecule has 0 radical (unpaired) electrons. The van der Waals surface area contributed by atoms with Gasteiger partial charge in [0, 0.05) is 24.7 Å². The highest BCUT2D eigenvalue weighted by molar-refractivity contribution is 5.98. The van der Waals surface area contributed by atoms with Gasteiger partial charge in [0.1, 0.15) is 5.69 Å². The first kappa shape index (κ1) is 15.0. The highest BCUT2D eigenvalue weighted by Crippen LogP contribution is 2.32. The molecule has 0 spiro atoms. The molecule has 0 saturated carbocycles. The molecule has 0 bridgehead atoms. The van der Waals surface area contributed by atoms with E-state index in [1.165, 1.54) is 6.07 Å². The maximum atomic E-state index is 11.3. The Bertz CT molecular complexity index is 586. The second kappa shape index (κ2) is 5.57. The lowest BCUT2D eigenvalue weighted by atomic mass is 10.1. The number of nitrogens with two attached hydrogens (primary N) is 1. The minimum Gasteiger partial charge on any atom is -0.409 e. The fourth-order valence-electron chi connectivity index (χ4n) is 2.38. The lowest BCUT2D eigenvalue weighted by Gasteiger charge is -2.39. The van der Waals surface area contributed by atoms with Gasteiger partial charge in [0.2, 0.25) is 0 Å². The molecule has 1 heterocycles. The Balaban J connectivity index is 2.41. The maximum absolute atomic E-state index is 11.3. The largest absolute Gasteiger partial charge is 0.409 e. The van der Waals surface area contributed by atoms with Crippen LogP contribution in [0.3, 0.4) is 0 Å². The van der Waals surface area contributed by atoms with Crippen molar-refractivity contribution in [3.63, 3.8) is 0 Å². The van der Waals surface area contributed by atoms with Crippen LogP contribution in [-0.2, 0) is 4.74 Å². The molecule has 1 fully saturated rings. The van der Waals surface area contributed by atoms with Crippen molar-refractivity contribution in [1.29, 1.82) is 0 Å². The molecule has 114 valence electrons. The van der Waals surface area contributed by atoms with Crippen LogP contribution in [0.15, 0.2) is 23.4 Å². The number of morpholine rings is 1. The van der Waals surface area contributed by atoms with Crippen molar-refractivity contribution in [3.05, 3.63) is 33.9 Å². The number of nitrogens with zero attached hydrogens (tertiary/aromatic N) is 3. The van der Waals surface area contributed by atoms with E-state index in [0.717, 1.165) is 0 Å². The van der Waals surface area contributed by atoms with Gasteiger partial charge in [-0.2, -0.15) is 0 Å². The Labute approximate surface area is 121 Å². The third kappa shape index (κ3) is 3.22. The number of hydrogen-bond acceptors (Lipinski definition) is 6. The Morgan fingerprint density at radius 1 is 1.57 bits per heavy atom. The third-order valence-corrected chi connectivity index (χ3v) is 3.34. The van der Waals surface area contributed by atoms with Gasteiger partial charge < -0.3 is 20.6 Å². The second-order valence-electron chi connectivity index (χ2n) is 5.48. The number of nitro benzene ring substituents is 1. The lowest BCUT2D eigenvalue weighted by Crippen LogP contribution is -2.48. The average Bonchev–Trinajstić information content (AvgIpc) is 2.44. The minimum atomic E-state index is -0.466. The topological polar surface area (TPSA) is 114 Å². The zero-order valence-electron chi connectivity index (χ0n) is 11.9. The van der Waals surface area contributed by atoms with E-state index in [-0.39, 0.29) is 17.1 Å². The van der Waals surface area contributed by atoms with Crippen LogP contribution in [0.4, 0.5) is 11.4 Å². The molecular weight excluding hydrogens is 276 g/mol. The predicted molar refractivity (Wildman–Crippen MR) is 77.9 cm³/mol. The molecule has 0 unspecified atom stereocenters. The zero-order chi connectivity index (χ0) is 15.6. The molecule has 8 heteroatoms. The molecule has 1 aromatic carbocycles. The summed E-state index contributed by atoms with van der Waals surface area (Å²) in [4.78, 5) is 12.7. The Kier molecular flexibility index (Phi) is 3.99. The summed E-state index contributed by atoms with van der Waals surface area (Å²) >= 11 is 0. The summed E-state index contributed by atoms with van der Waals surface area (Å²) in [6.07, 6.45) is 0. The predicted octanol–water partition coefficient (Wildman–Crippen LogP) is 1.30. The number of ether oxygens (including phenoxy) is 1. The summed E-state index contributed by atoms with van der Waals surface area (Å²) in [5.41, 5.74) is 5.85. The molecule has 3 N–H and O–H groups in total. The van der Waals surface area contributed by atoms with Crippen LogP contribution in [0.2, 0.25) is 0 Å². The summed E-state index contributed by atoms with van der Waals surface area (Å²) in [5.74, 6) is -0.160. The van der Waals surface area contributed by atoms with Crippen molar-refractivity contribution in [2.45, 2.75) is 19.4 Å². The molecule has 1 aliphatic rings. The maximum Gasteiger partial charge on any atom is 0.293 e. The summed E-state index contributed by atoms with van der Waals surface area (Å²) in [6, 6.07) is 4.53. The van der Waals surface area contributed by atoms with Crippen molar-refractivity contribution in [1.82, 2.24) is 0 Å². The average molecular weight is 294 g/mol.